The quantitative estimate of drug-likeness (QED) is 0.458. The summed E-state index contributed by atoms with van der Waals surface area (Å²) in [5, 5.41) is 14.3. The molecule has 3 aromatic rings. The molecule has 0 spiro atoms. The molecule has 3 N–H and O–H groups in total. The van der Waals surface area contributed by atoms with Crippen molar-refractivity contribution in [3.05, 3.63) is 50.4 Å². The molecule has 0 radical (unpaired) electrons. The number of fused-ring (bicyclic) bond motifs is 1. The van der Waals surface area contributed by atoms with Crippen LogP contribution in [-0.2, 0) is 11.2 Å². The van der Waals surface area contributed by atoms with E-state index in [-0.39, 0.29) is 23.6 Å². The maximum atomic E-state index is 12.2. The number of amides is 1. The Kier molecular flexibility index (Phi) is 5.22. The van der Waals surface area contributed by atoms with E-state index in [0.29, 0.717) is 21.5 Å². The van der Waals surface area contributed by atoms with Gasteiger partial charge in [-0.1, -0.05) is 6.07 Å². The summed E-state index contributed by atoms with van der Waals surface area (Å²) in [4.78, 5) is 32.9. The number of aromatic hydroxyl groups is 1. The number of hydrazone groups is 1. The number of hydrogen-bond acceptors (Lipinski definition) is 7. The first-order valence-electron chi connectivity index (χ1n) is 8.07. The third-order valence-corrected chi connectivity index (χ3v) is 5.16. The molecule has 8 nitrogen and oxygen atoms in total. The maximum absolute atomic E-state index is 12.2. The molecule has 2 aromatic heterocycles. The first kappa shape index (κ1) is 18.6. The predicted molar refractivity (Wildman–Crippen MR) is 104 cm³/mol. The van der Waals surface area contributed by atoms with Crippen LogP contribution in [0.1, 0.15) is 21.8 Å². The Bertz CT molecular complexity index is 1100. The van der Waals surface area contributed by atoms with Crippen LogP contribution in [0.15, 0.2) is 28.1 Å². The second-order valence-electron chi connectivity index (χ2n) is 5.84. The van der Waals surface area contributed by atoms with Crippen LogP contribution in [0.25, 0.3) is 10.2 Å². The Labute approximate surface area is 158 Å². The Morgan fingerprint density at radius 3 is 2.96 bits per heavy atom. The van der Waals surface area contributed by atoms with Crippen molar-refractivity contribution in [2.75, 3.05) is 7.11 Å². The normalized spacial score (nSPS) is 11.2. The number of thiophene rings is 1. The fourth-order valence-corrected chi connectivity index (χ4v) is 3.61. The lowest BCUT2D eigenvalue weighted by molar-refractivity contribution is -0.120. The number of aromatic amines is 1. The van der Waals surface area contributed by atoms with Gasteiger partial charge in [0.15, 0.2) is 11.5 Å². The predicted octanol–water partition coefficient (Wildman–Crippen LogP) is 2.01. The summed E-state index contributed by atoms with van der Waals surface area (Å²) in [6.07, 6.45) is 1.18. The van der Waals surface area contributed by atoms with Crippen molar-refractivity contribution in [1.29, 1.82) is 0 Å². The van der Waals surface area contributed by atoms with Gasteiger partial charge < -0.3 is 14.8 Å². The number of phenols is 1. The van der Waals surface area contributed by atoms with E-state index < -0.39 is 5.91 Å². The van der Waals surface area contributed by atoms with Crippen molar-refractivity contribution in [2.24, 2.45) is 5.10 Å². The fraction of sp³-hybridized carbons (Fsp3) is 0.222. The molecule has 0 unspecified atom stereocenters. The maximum Gasteiger partial charge on any atom is 0.259 e. The molecule has 1 amide bonds. The van der Waals surface area contributed by atoms with E-state index in [1.807, 2.05) is 13.8 Å². The minimum Gasteiger partial charge on any atom is -0.504 e. The van der Waals surface area contributed by atoms with Crippen molar-refractivity contribution in [1.82, 2.24) is 15.4 Å². The number of phenolic OH excluding ortho intramolecular Hbond substituents is 1. The number of hydrogen-bond donors (Lipinski definition) is 3. The van der Waals surface area contributed by atoms with Crippen LogP contribution in [-0.4, -0.2) is 34.3 Å². The molecule has 0 fully saturated rings. The number of H-pyrrole nitrogens is 1. The van der Waals surface area contributed by atoms with Crippen molar-refractivity contribution in [3.8, 4) is 11.5 Å². The van der Waals surface area contributed by atoms with Gasteiger partial charge in [-0.2, -0.15) is 5.10 Å². The van der Waals surface area contributed by atoms with Crippen LogP contribution < -0.4 is 15.7 Å². The van der Waals surface area contributed by atoms with Gasteiger partial charge in [0.2, 0.25) is 5.91 Å². The van der Waals surface area contributed by atoms with Crippen LogP contribution in [0.5, 0.6) is 11.5 Å². The second-order valence-corrected chi connectivity index (χ2v) is 7.05. The Hall–Kier alpha value is -3.20. The highest BCUT2D eigenvalue weighted by Gasteiger charge is 2.13. The molecular weight excluding hydrogens is 368 g/mol. The number of nitrogens with one attached hydrogen (secondary N) is 2. The molecule has 0 saturated heterocycles. The average molecular weight is 386 g/mol. The molecule has 0 aliphatic carbocycles. The van der Waals surface area contributed by atoms with Gasteiger partial charge in [-0.15, -0.1) is 11.3 Å². The van der Waals surface area contributed by atoms with E-state index >= 15 is 0 Å². The van der Waals surface area contributed by atoms with E-state index in [2.05, 4.69) is 20.5 Å². The molecule has 1 aromatic carbocycles. The van der Waals surface area contributed by atoms with Crippen LogP contribution in [0, 0.1) is 13.8 Å². The summed E-state index contributed by atoms with van der Waals surface area (Å²) in [5.41, 5.74) is 3.39. The van der Waals surface area contributed by atoms with E-state index in [0.717, 1.165) is 10.4 Å². The summed E-state index contributed by atoms with van der Waals surface area (Å²) < 4.78 is 5.01. The molecular formula is C18H18N4O4S. The first-order valence-corrected chi connectivity index (χ1v) is 8.89. The number of methoxy groups -OCH3 is 1. The number of carbonyl (C=O) groups excluding carboxylic acids is 1. The summed E-state index contributed by atoms with van der Waals surface area (Å²) in [7, 11) is 1.44. The molecule has 2 heterocycles. The van der Waals surface area contributed by atoms with Gasteiger partial charge in [0, 0.05) is 10.4 Å². The van der Waals surface area contributed by atoms with Gasteiger partial charge in [-0.05, 0) is 31.5 Å². The van der Waals surface area contributed by atoms with Crippen molar-refractivity contribution < 1.29 is 14.6 Å². The standard InChI is InChI=1S/C18H18N4O4S/c1-9-10(2)27-18-15(9)17(25)20-13(21-18)7-14(23)22-19-8-11-5-4-6-12(26-3)16(11)24/h4-6,8,24H,7H2,1-3H3,(H,22,23)(H,20,21,25)/b19-8+. The smallest absolute Gasteiger partial charge is 0.259 e. The van der Waals surface area contributed by atoms with Gasteiger partial charge in [0.05, 0.1) is 25.1 Å². The third-order valence-electron chi connectivity index (χ3n) is 4.06. The zero-order chi connectivity index (χ0) is 19.6. The average Bonchev–Trinajstić information content (AvgIpc) is 2.91. The summed E-state index contributed by atoms with van der Waals surface area (Å²) in [6, 6.07) is 4.93. The topological polar surface area (TPSA) is 117 Å². The van der Waals surface area contributed by atoms with Crippen molar-refractivity contribution in [2.45, 2.75) is 20.3 Å². The number of para-hydroxylation sites is 1. The van der Waals surface area contributed by atoms with Gasteiger partial charge >= 0.3 is 0 Å². The van der Waals surface area contributed by atoms with Gasteiger partial charge in [-0.25, -0.2) is 10.4 Å². The SMILES string of the molecule is COc1cccc(/C=N/NC(=O)Cc2nc3sc(C)c(C)c3c(=O)[nH]2)c1O. The molecule has 0 aliphatic rings. The lowest BCUT2D eigenvalue weighted by atomic mass is 10.2. The van der Waals surface area contributed by atoms with E-state index in [4.69, 9.17) is 4.74 Å². The Morgan fingerprint density at radius 1 is 1.44 bits per heavy atom. The molecule has 140 valence electrons. The van der Waals surface area contributed by atoms with Gasteiger partial charge in [0.1, 0.15) is 10.7 Å². The number of aromatic nitrogens is 2. The molecule has 27 heavy (non-hydrogen) atoms. The fourth-order valence-electron chi connectivity index (χ4n) is 2.56. The van der Waals surface area contributed by atoms with Crippen LogP contribution in [0.2, 0.25) is 0 Å². The lowest BCUT2D eigenvalue weighted by Gasteiger charge is -2.05. The largest absolute Gasteiger partial charge is 0.504 e. The summed E-state index contributed by atoms with van der Waals surface area (Å²) in [5.74, 6) is 0.0617. The number of carbonyl (C=O) groups is 1. The molecule has 0 saturated carbocycles. The van der Waals surface area contributed by atoms with E-state index in [1.54, 1.807) is 18.2 Å². The molecule has 0 bridgehead atoms. The van der Waals surface area contributed by atoms with Gasteiger partial charge in [-0.3, -0.25) is 9.59 Å². The number of nitrogens with zero attached hydrogens (tertiary/aromatic N) is 2. The highest BCUT2D eigenvalue weighted by molar-refractivity contribution is 7.18. The number of aryl methyl sites for hydroxylation is 2. The minimum atomic E-state index is -0.443. The monoisotopic (exact) mass is 386 g/mol. The number of ether oxygens (including phenoxy) is 1. The van der Waals surface area contributed by atoms with Gasteiger partial charge in [0.25, 0.3) is 5.56 Å². The van der Waals surface area contributed by atoms with E-state index in [1.165, 1.54) is 24.7 Å². The third kappa shape index (κ3) is 3.82. The highest BCUT2D eigenvalue weighted by Crippen LogP contribution is 2.28. The van der Waals surface area contributed by atoms with Crippen molar-refractivity contribution in [3.63, 3.8) is 0 Å². The Morgan fingerprint density at radius 2 is 2.22 bits per heavy atom. The summed E-state index contributed by atoms with van der Waals surface area (Å²) in [6.45, 7) is 3.80. The highest BCUT2D eigenvalue weighted by atomic mass is 32.1. The lowest BCUT2D eigenvalue weighted by Crippen LogP contribution is -2.23. The first-order chi connectivity index (χ1) is 12.9. The minimum absolute atomic E-state index is 0.0714. The van der Waals surface area contributed by atoms with E-state index in [9.17, 15) is 14.7 Å². The zero-order valence-electron chi connectivity index (χ0n) is 15.0. The van der Waals surface area contributed by atoms with Crippen molar-refractivity contribution >= 4 is 33.7 Å². The molecule has 3 rings (SSSR count). The number of rotatable bonds is 5. The van der Waals surface area contributed by atoms with Crippen LogP contribution in [0.3, 0.4) is 0 Å². The molecule has 9 heteroatoms. The van der Waals surface area contributed by atoms with Crippen LogP contribution in [0.4, 0.5) is 0 Å². The molecule has 0 aliphatic heterocycles. The summed E-state index contributed by atoms with van der Waals surface area (Å²) >= 11 is 1.42. The zero-order valence-corrected chi connectivity index (χ0v) is 15.8. The number of benzene rings is 1. The second kappa shape index (κ2) is 7.58. The molecule has 0 atom stereocenters. The van der Waals surface area contributed by atoms with Crippen LogP contribution >= 0.6 is 11.3 Å². The Balaban J connectivity index is 1.71.